The molecule has 7 heteroatoms. The van der Waals surface area contributed by atoms with Crippen molar-refractivity contribution in [3.05, 3.63) is 58.6 Å². The summed E-state index contributed by atoms with van der Waals surface area (Å²) in [6.45, 7) is 3.74. The van der Waals surface area contributed by atoms with Crippen LogP contribution in [-0.2, 0) is 9.53 Å². The first-order valence-electron chi connectivity index (χ1n) is 9.26. The second-order valence-electron chi connectivity index (χ2n) is 6.48. The van der Waals surface area contributed by atoms with Gasteiger partial charge in [0.05, 0.1) is 32.1 Å². The molecule has 3 rings (SSSR count). The van der Waals surface area contributed by atoms with Gasteiger partial charge in [-0.1, -0.05) is 28.1 Å². The number of carbonyl (C=O) groups is 1. The summed E-state index contributed by atoms with van der Waals surface area (Å²) in [5.74, 6) is 1.28. The maximum atomic E-state index is 12.4. The Kier molecular flexibility index (Phi) is 8.21. The van der Waals surface area contributed by atoms with Gasteiger partial charge in [-0.2, -0.15) is 0 Å². The Hall–Kier alpha value is -1.54. The van der Waals surface area contributed by atoms with Crippen LogP contribution in [0.4, 0.5) is 0 Å². The zero-order valence-corrected chi connectivity index (χ0v) is 18.3. The standard InChI is InChI=1S/C21H25BrN2O3S/c1-26-18-6-2-16(3-7-18)20(24-10-12-27-13-11-24)14-23-21(25)15-28-19-8-4-17(22)5-9-19/h2-9,20H,10-15H2,1H3,(H,23,25)/t20-/m1/s1. The van der Waals surface area contributed by atoms with Gasteiger partial charge in [0.2, 0.25) is 5.91 Å². The van der Waals surface area contributed by atoms with Crippen LogP contribution in [0.1, 0.15) is 11.6 Å². The van der Waals surface area contributed by atoms with E-state index in [0.29, 0.717) is 12.3 Å². The molecule has 5 nitrogen and oxygen atoms in total. The average Bonchev–Trinajstić information content (AvgIpc) is 2.74. The molecule has 1 N–H and O–H groups in total. The van der Waals surface area contributed by atoms with Crippen LogP contribution in [0.5, 0.6) is 5.75 Å². The molecule has 1 fully saturated rings. The van der Waals surface area contributed by atoms with Crippen LogP contribution in [-0.4, -0.2) is 56.5 Å². The van der Waals surface area contributed by atoms with Gasteiger partial charge in [0.1, 0.15) is 5.75 Å². The van der Waals surface area contributed by atoms with E-state index in [0.717, 1.165) is 41.4 Å². The molecule has 0 aromatic heterocycles. The predicted octanol–water partition coefficient (Wildman–Crippen LogP) is 3.74. The van der Waals surface area contributed by atoms with Crippen LogP contribution in [0.3, 0.4) is 0 Å². The number of hydrogen-bond donors (Lipinski definition) is 1. The van der Waals surface area contributed by atoms with Crippen molar-refractivity contribution in [3.8, 4) is 5.75 Å². The lowest BCUT2D eigenvalue weighted by Gasteiger charge is -2.35. The van der Waals surface area contributed by atoms with Crippen molar-refractivity contribution < 1.29 is 14.3 Å². The first-order chi connectivity index (χ1) is 13.7. The summed E-state index contributed by atoms with van der Waals surface area (Å²) in [5, 5.41) is 3.11. The fourth-order valence-corrected chi connectivity index (χ4v) is 4.11. The Bertz CT molecular complexity index is 749. The molecule has 0 aliphatic carbocycles. The van der Waals surface area contributed by atoms with Gasteiger partial charge in [0.15, 0.2) is 0 Å². The summed E-state index contributed by atoms with van der Waals surface area (Å²) in [7, 11) is 1.66. The van der Waals surface area contributed by atoms with Crippen LogP contribution >= 0.6 is 27.7 Å². The molecule has 2 aromatic carbocycles. The van der Waals surface area contributed by atoms with Crippen LogP contribution in [0, 0.1) is 0 Å². The molecule has 2 aromatic rings. The lowest BCUT2D eigenvalue weighted by atomic mass is 10.0. The van der Waals surface area contributed by atoms with E-state index in [2.05, 4.69) is 38.3 Å². The van der Waals surface area contributed by atoms with E-state index in [1.54, 1.807) is 18.9 Å². The SMILES string of the molecule is COc1ccc([C@@H](CNC(=O)CSc2ccc(Br)cc2)N2CCOCC2)cc1. The molecule has 0 radical (unpaired) electrons. The second kappa shape index (κ2) is 10.9. The molecule has 1 aliphatic rings. The Balaban J connectivity index is 1.58. The molecule has 0 unspecified atom stereocenters. The van der Waals surface area contributed by atoms with Crippen LogP contribution in [0.25, 0.3) is 0 Å². The monoisotopic (exact) mass is 464 g/mol. The van der Waals surface area contributed by atoms with Crippen molar-refractivity contribution in [2.75, 3.05) is 45.7 Å². The number of carbonyl (C=O) groups excluding carboxylic acids is 1. The van der Waals surface area contributed by atoms with Crippen molar-refractivity contribution in [1.29, 1.82) is 0 Å². The summed E-state index contributed by atoms with van der Waals surface area (Å²) in [6, 6.07) is 16.2. The number of hydrogen-bond acceptors (Lipinski definition) is 5. The van der Waals surface area contributed by atoms with E-state index in [-0.39, 0.29) is 11.9 Å². The van der Waals surface area contributed by atoms with Crippen molar-refractivity contribution >= 4 is 33.6 Å². The fraction of sp³-hybridized carbons (Fsp3) is 0.381. The van der Waals surface area contributed by atoms with E-state index in [9.17, 15) is 4.79 Å². The fourth-order valence-electron chi connectivity index (χ4n) is 3.11. The minimum atomic E-state index is 0.0414. The number of rotatable bonds is 8. The van der Waals surface area contributed by atoms with Gasteiger partial charge in [0, 0.05) is 29.0 Å². The van der Waals surface area contributed by atoms with Crippen LogP contribution in [0.15, 0.2) is 57.9 Å². The number of methoxy groups -OCH3 is 1. The molecule has 1 saturated heterocycles. The number of halogens is 1. The number of ether oxygens (including phenoxy) is 2. The normalized spacial score (nSPS) is 15.8. The van der Waals surface area contributed by atoms with Crippen molar-refractivity contribution in [2.24, 2.45) is 0 Å². The molecular weight excluding hydrogens is 440 g/mol. The number of thioether (sulfide) groups is 1. The number of benzene rings is 2. The molecule has 28 heavy (non-hydrogen) atoms. The highest BCUT2D eigenvalue weighted by molar-refractivity contribution is 9.10. The highest BCUT2D eigenvalue weighted by atomic mass is 79.9. The Labute approximate surface area is 178 Å². The van der Waals surface area contributed by atoms with Crippen LogP contribution in [0.2, 0.25) is 0 Å². The summed E-state index contributed by atoms with van der Waals surface area (Å²) in [5.41, 5.74) is 1.17. The quantitative estimate of drug-likeness (QED) is 0.602. The molecule has 1 atom stereocenters. The van der Waals surface area contributed by atoms with Gasteiger partial charge in [-0.3, -0.25) is 9.69 Å². The van der Waals surface area contributed by atoms with E-state index < -0.39 is 0 Å². The van der Waals surface area contributed by atoms with Gasteiger partial charge < -0.3 is 14.8 Å². The van der Waals surface area contributed by atoms with E-state index >= 15 is 0 Å². The zero-order chi connectivity index (χ0) is 19.8. The van der Waals surface area contributed by atoms with Crippen molar-refractivity contribution in [3.63, 3.8) is 0 Å². The Morgan fingerprint density at radius 1 is 1.18 bits per heavy atom. The first kappa shape index (κ1) is 21.2. The van der Waals surface area contributed by atoms with E-state index in [1.165, 1.54) is 5.56 Å². The third kappa shape index (κ3) is 6.24. The number of nitrogens with zero attached hydrogens (tertiary/aromatic N) is 1. The summed E-state index contributed by atoms with van der Waals surface area (Å²) in [6.07, 6.45) is 0. The third-order valence-electron chi connectivity index (χ3n) is 4.66. The van der Waals surface area contributed by atoms with E-state index in [4.69, 9.17) is 9.47 Å². The van der Waals surface area contributed by atoms with Gasteiger partial charge >= 0.3 is 0 Å². The summed E-state index contributed by atoms with van der Waals surface area (Å²) >= 11 is 4.97. The lowest BCUT2D eigenvalue weighted by Crippen LogP contribution is -2.44. The van der Waals surface area contributed by atoms with Gasteiger partial charge in [-0.15, -0.1) is 11.8 Å². The topological polar surface area (TPSA) is 50.8 Å². The molecule has 0 spiro atoms. The summed E-state index contributed by atoms with van der Waals surface area (Å²) in [4.78, 5) is 15.8. The average molecular weight is 465 g/mol. The molecular formula is C21H25BrN2O3S. The zero-order valence-electron chi connectivity index (χ0n) is 15.9. The molecule has 150 valence electrons. The van der Waals surface area contributed by atoms with E-state index in [1.807, 2.05) is 36.4 Å². The smallest absolute Gasteiger partial charge is 0.230 e. The minimum absolute atomic E-state index is 0.0414. The van der Waals surface area contributed by atoms with Crippen molar-refractivity contribution in [1.82, 2.24) is 10.2 Å². The third-order valence-corrected chi connectivity index (χ3v) is 6.20. The van der Waals surface area contributed by atoms with Crippen molar-refractivity contribution in [2.45, 2.75) is 10.9 Å². The maximum Gasteiger partial charge on any atom is 0.230 e. The molecule has 0 saturated carbocycles. The number of amides is 1. The van der Waals surface area contributed by atoms with Gasteiger partial charge in [-0.05, 0) is 42.0 Å². The second-order valence-corrected chi connectivity index (χ2v) is 8.45. The largest absolute Gasteiger partial charge is 0.497 e. The molecule has 1 heterocycles. The Morgan fingerprint density at radius 2 is 1.86 bits per heavy atom. The summed E-state index contributed by atoms with van der Waals surface area (Å²) < 4.78 is 11.8. The Morgan fingerprint density at radius 3 is 2.50 bits per heavy atom. The van der Waals surface area contributed by atoms with Crippen LogP contribution < -0.4 is 10.1 Å². The molecule has 1 amide bonds. The highest BCUT2D eigenvalue weighted by Crippen LogP contribution is 2.24. The molecule has 0 bridgehead atoms. The minimum Gasteiger partial charge on any atom is -0.497 e. The van der Waals surface area contributed by atoms with Gasteiger partial charge in [-0.25, -0.2) is 0 Å². The predicted molar refractivity (Wildman–Crippen MR) is 116 cm³/mol. The number of morpholine rings is 1. The maximum absolute atomic E-state index is 12.4. The number of nitrogens with one attached hydrogen (secondary N) is 1. The highest BCUT2D eigenvalue weighted by Gasteiger charge is 2.23. The van der Waals surface area contributed by atoms with Gasteiger partial charge in [0.25, 0.3) is 0 Å². The molecule has 1 aliphatic heterocycles. The lowest BCUT2D eigenvalue weighted by molar-refractivity contribution is -0.118. The first-order valence-corrected chi connectivity index (χ1v) is 11.0.